The van der Waals surface area contributed by atoms with Gasteiger partial charge in [-0.05, 0) is 17.0 Å². The van der Waals surface area contributed by atoms with E-state index in [4.69, 9.17) is 5.21 Å². The van der Waals surface area contributed by atoms with Gasteiger partial charge in [-0.25, -0.2) is 4.79 Å². The highest BCUT2D eigenvalue weighted by Gasteiger charge is 2.54. The number of oxime groups is 1. The van der Waals surface area contributed by atoms with Crippen molar-refractivity contribution in [2.75, 3.05) is 11.5 Å². The highest BCUT2D eigenvalue weighted by Crippen LogP contribution is 2.41. The van der Waals surface area contributed by atoms with Crippen molar-refractivity contribution in [1.29, 1.82) is 0 Å². The van der Waals surface area contributed by atoms with Gasteiger partial charge in [-0.2, -0.15) is 0 Å². The molecule has 1 saturated heterocycles. The van der Waals surface area contributed by atoms with Gasteiger partial charge < -0.3 is 15.6 Å². The first-order valence-corrected chi connectivity index (χ1v) is 10.9. The van der Waals surface area contributed by atoms with Gasteiger partial charge in [-0.15, -0.1) is 23.1 Å². The molecule has 0 unspecified atom stereocenters. The molecule has 2 atom stereocenters. The molecule has 3 rings (SSSR count). The molecule has 0 radical (unpaired) electrons. The molecule has 0 spiro atoms. The lowest BCUT2D eigenvalue weighted by Crippen LogP contribution is -2.71. The second-order valence-electron chi connectivity index (χ2n) is 5.82. The Labute approximate surface area is 171 Å². The average molecular weight is 442 g/mol. The van der Waals surface area contributed by atoms with Crippen LogP contribution in [0.1, 0.15) is 11.8 Å². The maximum absolute atomic E-state index is 12.6. The zero-order valence-corrected chi connectivity index (χ0v) is 16.9. The van der Waals surface area contributed by atoms with Crippen molar-refractivity contribution in [2.24, 2.45) is 5.16 Å². The summed E-state index contributed by atoms with van der Waals surface area (Å²) < 4.78 is 0. The van der Waals surface area contributed by atoms with Crippen molar-refractivity contribution >= 4 is 63.5 Å². The number of hydrogen-bond acceptors (Lipinski definition) is 9. The normalized spacial score (nSPS) is 21.8. The molecule has 12 heteroatoms. The molecule has 2 aliphatic rings. The Morgan fingerprint density at radius 2 is 2.18 bits per heavy atom. The summed E-state index contributed by atoms with van der Waals surface area (Å²) in [6.45, 7) is 1.39. The molecule has 148 valence electrons. The van der Waals surface area contributed by atoms with Gasteiger partial charge in [-0.1, -0.05) is 23.0 Å². The van der Waals surface area contributed by atoms with E-state index in [9.17, 15) is 24.3 Å². The van der Waals surface area contributed by atoms with Crippen molar-refractivity contribution in [2.45, 2.75) is 18.3 Å². The monoisotopic (exact) mass is 441 g/mol. The zero-order chi connectivity index (χ0) is 20.4. The van der Waals surface area contributed by atoms with E-state index in [1.807, 2.05) is 0 Å². The van der Waals surface area contributed by atoms with Gasteiger partial charge in [-0.3, -0.25) is 19.3 Å². The van der Waals surface area contributed by atoms with Gasteiger partial charge in [0.1, 0.15) is 17.1 Å². The van der Waals surface area contributed by atoms with Gasteiger partial charge in [0.05, 0.1) is 4.88 Å². The van der Waals surface area contributed by atoms with Crippen molar-refractivity contribution in [1.82, 2.24) is 10.2 Å². The number of nitrogens with zero attached hydrogens (tertiary/aromatic N) is 2. The predicted molar refractivity (Wildman–Crippen MR) is 105 cm³/mol. The number of carbonyl (C=O) groups is 4. The van der Waals surface area contributed by atoms with Crippen LogP contribution in [0.2, 0.25) is 0 Å². The summed E-state index contributed by atoms with van der Waals surface area (Å²) in [6.07, 6.45) is 0. The summed E-state index contributed by atoms with van der Waals surface area (Å²) in [4.78, 5) is 49.4. The van der Waals surface area contributed by atoms with Gasteiger partial charge in [0.25, 0.3) is 11.8 Å². The summed E-state index contributed by atoms with van der Waals surface area (Å²) in [6, 6.07) is 2.37. The molecule has 0 aromatic carbocycles. The van der Waals surface area contributed by atoms with E-state index >= 15 is 0 Å². The first-order valence-electron chi connectivity index (χ1n) is 7.95. The third kappa shape index (κ3) is 3.80. The van der Waals surface area contributed by atoms with Crippen LogP contribution in [-0.2, 0) is 19.2 Å². The minimum absolute atomic E-state index is 0.137. The minimum atomic E-state index is -1.25. The molecular formula is C16H15N3O6S3. The molecule has 3 heterocycles. The second kappa shape index (κ2) is 8.37. The lowest BCUT2D eigenvalue weighted by atomic mass is 10.0. The first kappa shape index (κ1) is 20.4. The van der Waals surface area contributed by atoms with E-state index in [1.165, 1.54) is 30.0 Å². The first-order chi connectivity index (χ1) is 13.3. The SMILES string of the molecule is CC(=O)SCC1=C(C(=O)O)N2C(=O)[C@@H](NC(=O)/C(=N/O)c3cccs3)[C@H]2SC1. The summed E-state index contributed by atoms with van der Waals surface area (Å²) in [7, 11) is 0. The Hall–Kier alpha value is -2.31. The number of nitrogens with one attached hydrogen (secondary N) is 1. The second-order valence-corrected chi connectivity index (χ2v) is 9.03. The number of rotatable bonds is 6. The Balaban J connectivity index is 1.76. The fraction of sp³-hybridized carbons (Fsp3) is 0.312. The van der Waals surface area contributed by atoms with E-state index in [0.717, 1.165) is 16.7 Å². The summed E-state index contributed by atoms with van der Waals surface area (Å²) >= 11 is 3.50. The van der Waals surface area contributed by atoms with Crippen LogP contribution >= 0.6 is 34.9 Å². The van der Waals surface area contributed by atoms with Crippen LogP contribution in [-0.4, -0.2) is 66.7 Å². The van der Waals surface area contributed by atoms with Crippen molar-refractivity contribution in [3.05, 3.63) is 33.7 Å². The molecule has 2 amide bonds. The van der Waals surface area contributed by atoms with Crippen molar-refractivity contribution in [3.63, 3.8) is 0 Å². The van der Waals surface area contributed by atoms with Crippen molar-refractivity contribution < 1.29 is 29.5 Å². The quantitative estimate of drug-likeness (QED) is 0.257. The van der Waals surface area contributed by atoms with E-state index < -0.39 is 29.2 Å². The molecule has 9 nitrogen and oxygen atoms in total. The molecule has 0 bridgehead atoms. The molecule has 0 aliphatic carbocycles. The number of carboxylic acid groups (broad SMARTS) is 1. The summed E-state index contributed by atoms with van der Waals surface area (Å²) in [5.74, 6) is -2.01. The van der Waals surface area contributed by atoms with Crippen LogP contribution in [0.4, 0.5) is 0 Å². The Morgan fingerprint density at radius 1 is 1.43 bits per heavy atom. The van der Waals surface area contributed by atoms with Crippen LogP contribution in [0.25, 0.3) is 0 Å². The van der Waals surface area contributed by atoms with E-state index in [2.05, 4.69) is 10.5 Å². The number of carboxylic acids is 1. The number of aliphatic carboxylic acids is 1. The number of thioether (sulfide) groups is 2. The summed E-state index contributed by atoms with van der Waals surface area (Å²) in [5, 5.41) is 25.2. The highest BCUT2D eigenvalue weighted by molar-refractivity contribution is 8.13. The lowest BCUT2D eigenvalue weighted by molar-refractivity contribution is -0.150. The maximum Gasteiger partial charge on any atom is 0.352 e. The van der Waals surface area contributed by atoms with Crippen molar-refractivity contribution in [3.8, 4) is 0 Å². The standard InChI is InChI=1S/C16H15N3O6S3/c1-7(20)27-5-8-6-28-15-11(14(22)19(15)12(8)16(23)24)17-13(21)10(18-25)9-3-2-4-26-9/h2-4,11,15,25H,5-6H2,1H3,(H,17,21)(H,23,24)/b18-10+/t11-,15-/m1/s1. The third-order valence-corrected chi connectivity index (χ3v) is 7.17. The average Bonchev–Trinajstić information content (AvgIpc) is 3.18. The molecule has 2 aliphatic heterocycles. The molecule has 3 N–H and O–H groups in total. The molecule has 1 aromatic rings. The molecule has 1 aromatic heterocycles. The van der Waals surface area contributed by atoms with Crippen LogP contribution in [0.5, 0.6) is 0 Å². The predicted octanol–water partition coefficient (Wildman–Crippen LogP) is 0.945. The Kier molecular flexibility index (Phi) is 6.10. The van der Waals surface area contributed by atoms with Crippen LogP contribution < -0.4 is 5.32 Å². The van der Waals surface area contributed by atoms with Gasteiger partial charge in [0.15, 0.2) is 10.8 Å². The topological polar surface area (TPSA) is 136 Å². The van der Waals surface area contributed by atoms with E-state index in [-0.39, 0.29) is 22.3 Å². The third-order valence-electron chi connectivity index (χ3n) is 4.06. The van der Waals surface area contributed by atoms with E-state index in [1.54, 1.807) is 17.5 Å². The number of hydrogen-bond donors (Lipinski definition) is 3. The van der Waals surface area contributed by atoms with Gasteiger partial charge in [0, 0.05) is 18.4 Å². The fourth-order valence-corrected chi connectivity index (χ4v) is 5.61. The Bertz CT molecular complexity index is 895. The number of thiophene rings is 1. The zero-order valence-electron chi connectivity index (χ0n) is 14.4. The highest BCUT2D eigenvalue weighted by atomic mass is 32.2. The minimum Gasteiger partial charge on any atom is -0.477 e. The van der Waals surface area contributed by atoms with Gasteiger partial charge >= 0.3 is 5.97 Å². The van der Waals surface area contributed by atoms with Crippen LogP contribution in [0.15, 0.2) is 33.9 Å². The largest absolute Gasteiger partial charge is 0.477 e. The molecule has 1 fully saturated rings. The van der Waals surface area contributed by atoms with E-state index in [0.29, 0.717) is 16.2 Å². The number of amides is 2. The molecule has 0 saturated carbocycles. The Morgan fingerprint density at radius 3 is 2.75 bits per heavy atom. The molecular weight excluding hydrogens is 426 g/mol. The molecule has 28 heavy (non-hydrogen) atoms. The maximum atomic E-state index is 12.6. The number of fused-ring (bicyclic) bond motifs is 1. The number of β-lactam (4-membered cyclic amide) rings is 1. The number of carbonyl (C=O) groups excluding carboxylic acids is 3. The fourth-order valence-electron chi connectivity index (χ4n) is 2.81. The van der Waals surface area contributed by atoms with Crippen LogP contribution in [0, 0.1) is 0 Å². The van der Waals surface area contributed by atoms with Gasteiger partial charge in [0.2, 0.25) is 0 Å². The lowest BCUT2D eigenvalue weighted by Gasteiger charge is -2.49. The smallest absolute Gasteiger partial charge is 0.352 e. The summed E-state index contributed by atoms with van der Waals surface area (Å²) in [5.41, 5.74) is 0.139. The van der Waals surface area contributed by atoms with Crippen LogP contribution in [0.3, 0.4) is 0 Å².